The van der Waals surface area contributed by atoms with Gasteiger partial charge in [0.15, 0.2) is 17.3 Å². The number of fused-ring (bicyclic) bond motifs is 2. The molecule has 212 valence electrons. The van der Waals surface area contributed by atoms with Crippen molar-refractivity contribution in [1.82, 2.24) is 24.3 Å². The topological polar surface area (TPSA) is 142 Å². The van der Waals surface area contributed by atoms with E-state index in [0.29, 0.717) is 24.6 Å². The second kappa shape index (κ2) is 12.0. The fraction of sp³-hybridized carbons (Fsp3) is 0.200. The Balaban J connectivity index is 1.33. The maximum absolute atomic E-state index is 11.4. The Morgan fingerprint density at radius 2 is 1.86 bits per heavy atom. The Hall–Kier alpha value is -5.36. The van der Waals surface area contributed by atoms with Crippen molar-refractivity contribution in [3.05, 3.63) is 84.2 Å². The van der Waals surface area contributed by atoms with E-state index < -0.39 is 6.16 Å². The third-order valence-electron chi connectivity index (χ3n) is 6.65. The van der Waals surface area contributed by atoms with Crippen LogP contribution in [0.1, 0.15) is 24.0 Å². The molecular formula is C30H28N8O4. The smallest absolute Gasteiger partial charge is 0.433 e. The molecule has 0 atom stereocenters. The summed E-state index contributed by atoms with van der Waals surface area (Å²) >= 11 is 0. The molecule has 5 aromatic rings. The number of hydrogen-bond acceptors (Lipinski definition) is 10. The largest absolute Gasteiger partial charge is 0.535 e. The molecule has 0 radical (unpaired) electrons. The van der Waals surface area contributed by atoms with Crippen LogP contribution in [-0.4, -0.2) is 69.2 Å². The van der Waals surface area contributed by atoms with Gasteiger partial charge >= 0.3 is 6.16 Å². The highest BCUT2D eigenvalue weighted by atomic mass is 16.8. The van der Waals surface area contributed by atoms with Crippen LogP contribution in [0.2, 0.25) is 0 Å². The highest BCUT2D eigenvalue weighted by Gasteiger charge is 2.20. The molecule has 1 aromatic carbocycles. The molecule has 0 saturated carbocycles. The molecule has 1 aliphatic heterocycles. The molecule has 1 aliphatic rings. The average Bonchev–Trinajstić information content (AvgIpc) is 3.47. The number of carbonyl (C=O) groups is 1. The van der Waals surface area contributed by atoms with E-state index in [1.165, 1.54) is 0 Å². The number of nitrogens with two attached hydrogens (primary N) is 1. The molecular weight excluding hydrogens is 536 g/mol. The van der Waals surface area contributed by atoms with Gasteiger partial charge in [0.2, 0.25) is 0 Å². The lowest BCUT2D eigenvalue weighted by Gasteiger charge is -2.28. The summed E-state index contributed by atoms with van der Waals surface area (Å²) in [5, 5.41) is 4.69. The van der Waals surface area contributed by atoms with Crippen molar-refractivity contribution in [2.75, 3.05) is 37.8 Å². The van der Waals surface area contributed by atoms with Gasteiger partial charge in [-0.25, -0.2) is 19.7 Å². The van der Waals surface area contributed by atoms with Crippen LogP contribution < -0.4 is 10.6 Å². The summed E-state index contributed by atoms with van der Waals surface area (Å²) in [6.45, 7) is 4.54. The van der Waals surface area contributed by atoms with Crippen molar-refractivity contribution in [2.24, 2.45) is 10.9 Å². The van der Waals surface area contributed by atoms with Gasteiger partial charge in [0.05, 0.1) is 48.6 Å². The van der Waals surface area contributed by atoms with E-state index in [-0.39, 0.29) is 12.4 Å². The first-order valence-electron chi connectivity index (χ1n) is 13.5. The van der Waals surface area contributed by atoms with Crippen LogP contribution in [0.25, 0.3) is 40.0 Å². The summed E-state index contributed by atoms with van der Waals surface area (Å²) in [5.74, 6) is 0.723. The third-order valence-corrected chi connectivity index (χ3v) is 6.65. The first kappa shape index (κ1) is 26.8. The fourth-order valence-corrected chi connectivity index (χ4v) is 4.59. The molecule has 0 amide bonds. The molecule has 1 saturated heterocycles. The summed E-state index contributed by atoms with van der Waals surface area (Å²) in [5.41, 5.74) is 11.1. The van der Waals surface area contributed by atoms with Crippen LogP contribution in [0.15, 0.2) is 72.3 Å². The molecule has 0 unspecified atom stereocenters. The number of anilines is 1. The molecule has 12 nitrogen and oxygen atoms in total. The van der Waals surface area contributed by atoms with E-state index in [0.717, 1.165) is 52.5 Å². The Bertz CT molecular complexity index is 1790. The van der Waals surface area contributed by atoms with Crippen molar-refractivity contribution in [1.29, 1.82) is 0 Å². The second-order valence-electron chi connectivity index (χ2n) is 9.37. The molecule has 0 aliphatic carbocycles. The van der Waals surface area contributed by atoms with E-state index in [9.17, 15) is 4.79 Å². The summed E-state index contributed by atoms with van der Waals surface area (Å²) in [6.07, 6.45) is 8.38. The number of imidazole rings is 1. The molecule has 4 aromatic heterocycles. The number of pyridine rings is 2. The zero-order chi connectivity index (χ0) is 28.9. The summed E-state index contributed by atoms with van der Waals surface area (Å²) in [6, 6.07) is 15.6. The third kappa shape index (κ3) is 5.74. The minimum absolute atomic E-state index is 0.0575. The number of benzene rings is 1. The molecule has 0 spiro atoms. The predicted octanol–water partition coefficient (Wildman–Crippen LogP) is 4.14. The Morgan fingerprint density at radius 1 is 1.02 bits per heavy atom. The molecule has 42 heavy (non-hydrogen) atoms. The highest BCUT2D eigenvalue weighted by Crippen LogP contribution is 2.27. The molecule has 12 heteroatoms. The highest BCUT2D eigenvalue weighted by molar-refractivity contribution is 5.95. The quantitative estimate of drug-likeness (QED) is 0.101. The van der Waals surface area contributed by atoms with Gasteiger partial charge < -0.3 is 20.1 Å². The van der Waals surface area contributed by atoms with Gasteiger partial charge in [-0.05, 0) is 43.3 Å². The van der Waals surface area contributed by atoms with Crippen LogP contribution in [0, 0.1) is 0 Å². The van der Waals surface area contributed by atoms with E-state index in [1.807, 2.05) is 59.1 Å². The molecule has 6 rings (SSSR count). The first-order chi connectivity index (χ1) is 20.6. The number of morpholine rings is 1. The van der Waals surface area contributed by atoms with E-state index >= 15 is 0 Å². The summed E-state index contributed by atoms with van der Waals surface area (Å²) in [7, 11) is 0. The van der Waals surface area contributed by atoms with Crippen LogP contribution in [0.3, 0.4) is 0 Å². The number of carbonyl (C=O) groups excluding carboxylic acids is 1. The SMILES string of the molecule is CCOC(=O)O/N=C(\N)c1ccc(-c2cnc(N3CCOCC3)c3nc(/C=C/c4ccc5ccccc5n4)cn23)cn1. The van der Waals surface area contributed by atoms with Crippen LogP contribution in [0.5, 0.6) is 0 Å². The lowest BCUT2D eigenvalue weighted by Crippen LogP contribution is -2.37. The molecule has 5 heterocycles. The standard InChI is InChI=1S/C30H28N8O4/c1-2-41-30(39)42-36-27(31)25-12-8-21(17-32-25)26-18-33-28(37-13-15-40-16-14-37)29-35-23(19-38(26)29)11-10-22-9-7-20-5-3-4-6-24(20)34-22/h3-12,17-19H,2,13-16H2,1H3,(H2,31,36)/b11-10+. The van der Waals surface area contributed by atoms with Crippen molar-refractivity contribution in [3.8, 4) is 11.3 Å². The van der Waals surface area contributed by atoms with E-state index in [2.05, 4.69) is 30.7 Å². The number of amidine groups is 1. The number of aromatic nitrogens is 5. The van der Waals surface area contributed by atoms with Crippen LogP contribution in [0.4, 0.5) is 10.6 Å². The normalized spacial score (nSPS) is 14.1. The van der Waals surface area contributed by atoms with Gasteiger partial charge in [-0.3, -0.25) is 14.2 Å². The number of nitrogens with zero attached hydrogens (tertiary/aromatic N) is 7. The predicted molar refractivity (Wildman–Crippen MR) is 159 cm³/mol. The van der Waals surface area contributed by atoms with Crippen molar-refractivity contribution >= 4 is 46.5 Å². The van der Waals surface area contributed by atoms with Crippen molar-refractivity contribution in [3.63, 3.8) is 0 Å². The molecule has 1 fully saturated rings. The number of hydrogen-bond donors (Lipinski definition) is 1. The maximum Gasteiger partial charge on any atom is 0.535 e. The van der Waals surface area contributed by atoms with Gasteiger partial charge in [0, 0.05) is 36.4 Å². The maximum atomic E-state index is 11.4. The van der Waals surface area contributed by atoms with Gasteiger partial charge in [0.25, 0.3) is 0 Å². The number of ether oxygens (including phenoxy) is 2. The summed E-state index contributed by atoms with van der Waals surface area (Å²) in [4.78, 5) is 37.1. The van der Waals surface area contributed by atoms with Crippen LogP contribution in [-0.2, 0) is 14.3 Å². The van der Waals surface area contributed by atoms with Crippen LogP contribution >= 0.6 is 0 Å². The zero-order valence-corrected chi connectivity index (χ0v) is 22.9. The Morgan fingerprint density at radius 3 is 2.67 bits per heavy atom. The monoisotopic (exact) mass is 564 g/mol. The average molecular weight is 565 g/mol. The molecule has 0 bridgehead atoms. The first-order valence-corrected chi connectivity index (χ1v) is 13.5. The number of para-hydroxylation sites is 1. The summed E-state index contributed by atoms with van der Waals surface area (Å²) < 4.78 is 12.2. The lowest BCUT2D eigenvalue weighted by molar-refractivity contribution is 0.0612. The molecule has 2 N–H and O–H groups in total. The van der Waals surface area contributed by atoms with Gasteiger partial charge in [0.1, 0.15) is 5.69 Å². The fourth-order valence-electron chi connectivity index (χ4n) is 4.59. The minimum atomic E-state index is -0.938. The van der Waals surface area contributed by atoms with Crippen molar-refractivity contribution in [2.45, 2.75) is 6.92 Å². The number of rotatable bonds is 7. The zero-order valence-electron chi connectivity index (χ0n) is 22.9. The van der Waals surface area contributed by atoms with Gasteiger partial charge in [-0.1, -0.05) is 29.4 Å². The van der Waals surface area contributed by atoms with E-state index in [1.54, 1.807) is 25.4 Å². The Labute approximate surface area is 241 Å². The van der Waals surface area contributed by atoms with Gasteiger partial charge in [-0.15, -0.1) is 0 Å². The number of oxime groups is 1. The lowest BCUT2D eigenvalue weighted by atomic mass is 10.2. The van der Waals surface area contributed by atoms with E-state index in [4.69, 9.17) is 25.4 Å². The second-order valence-corrected chi connectivity index (χ2v) is 9.37. The van der Waals surface area contributed by atoms with Crippen molar-refractivity contribution < 1.29 is 19.1 Å². The Kier molecular flexibility index (Phi) is 7.68. The van der Waals surface area contributed by atoms with Gasteiger partial charge in [-0.2, -0.15) is 0 Å². The minimum Gasteiger partial charge on any atom is -0.433 e.